The number of methoxy groups -OCH3 is 1. The molecule has 1 amide bonds. The molecule has 0 aliphatic heterocycles. The Kier molecular flexibility index (Phi) is 4.29. The van der Waals surface area contributed by atoms with Crippen molar-refractivity contribution in [2.75, 3.05) is 7.11 Å². The maximum atomic E-state index is 12.5. The Balaban J connectivity index is 1.84. The maximum Gasteiger partial charge on any atom is 0.270 e. The number of aromatic nitrogens is 2. The second-order valence-corrected chi connectivity index (χ2v) is 5.40. The summed E-state index contributed by atoms with van der Waals surface area (Å²) in [6.07, 6.45) is 2.93. The molecule has 6 heteroatoms. The van der Waals surface area contributed by atoms with Gasteiger partial charge < -0.3 is 10.1 Å². The summed E-state index contributed by atoms with van der Waals surface area (Å²) in [5, 5.41) is 2.74. The summed E-state index contributed by atoms with van der Waals surface area (Å²) in [7, 11) is 1.58. The molecule has 0 aliphatic carbocycles. The molecule has 2 aromatic heterocycles. The third-order valence-corrected chi connectivity index (χ3v) is 3.76. The van der Waals surface area contributed by atoms with Gasteiger partial charge in [0.25, 0.3) is 11.5 Å². The van der Waals surface area contributed by atoms with Gasteiger partial charge in [0.05, 0.1) is 7.11 Å². The van der Waals surface area contributed by atoms with Crippen molar-refractivity contribution >= 4 is 11.6 Å². The van der Waals surface area contributed by atoms with E-state index in [9.17, 15) is 9.59 Å². The van der Waals surface area contributed by atoms with Gasteiger partial charge in [-0.15, -0.1) is 0 Å². The number of carbonyl (C=O) groups is 1. The number of pyridine rings is 1. The predicted octanol–water partition coefficient (Wildman–Crippen LogP) is 1.94. The summed E-state index contributed by atoms with van der Waals surface area (Å²) >= 11 is 0. The minimum absolute atomic E-state index is 0.0148. The smallest absolute Gasteiger partial charge is 0.270 e. The average Bonchev–Trinajstić information content (AvgIpc) is 2.61. The van der Waals surface area contributed by atoms with Gasteiger partial charge in [-0.25, -0.2) is 4.98 Å². The number of nitrogens with zero attached hydrogens (tertiary/aromatic N) is 2. The van der Waals surface area contributed by atoms with Crippen LogP contribution in [0, 0.1) is 6.92 Å². The van der Waals surface area contributed by atoms with Crippen LogP contribution in [0.25, 0.3) is 5.65 Å². The van der Waals surface area contributed by atoms with Gasteiger partial charge in [-0.3, -0.25) is 14.0 Å². The van der Waals surface area contributed by atoms with E-state index in [1.54, 1.807) is 19.4 Å². The van der Waals surface area contributed by atoms with Crippen LogP contribution in [-0.4, -0.2) is 22.4 Å². The molecule has 24 heavy (non-hydrogen) atoms. The van der Waals surface area contributed by atoms with Crippen molar-refractivity contribution in [1.82, 2.24) is 14.7 Å². The van der Waals surface area contributed by atoms with Gasteiger partial charge in [0.15, 0.2) is 0 Å². The molecule has 0 saturated heterocycles. The maximum absolute atomic E-state index is 12.5. The zero-order valence-corrected chi connectivity index (χ0v) is 13.4. The summed E-state index contributed by atoms with van der Waals surface area (Å²) in [6.45, 7) is 2.16. The monoisotopic (exact) mass is 323 g/mol. The Morgan fingerprint density at radius 3 is 2.92 bits per heavy atom. The summed E-state index contributed by atoms with van der Waals surface area (Å²) in [6, 6.07) is 11.0. The highest BCUT2D eigenvalue weighted by Gasteiger charge is 2.13. The normalized spacial score (nSPS) is 10.6. The molecular formula is C18H17N3O3. The van der Waals surface area contributed by atoms with Crippen LogP contribution in [0.3, 0.4) is 0 Å². The minimum Gasteiger partial charge on any atom is -0.497 e. The van der Waals surface area contributed by atoms with Gasteiger partial charge in [0, 0.05) is 18.9 Å². The number of rotatable bonds is 4. The largest absolute Gasteiger partial charge is 0.497 e. The van der Waals surface area contributed by atoms with Gasteiger partial charge in [-0.05, 0) is 36.2 Å². The van der Waals surface area contributed by atoms with Gasteiger partial charge in [0.1, 0.15) is 17.0 Å². The average molecular weight is 323 g/mol. The summed E-state index contributed by atoms with van der Waals surface area (Å²) in [4.78, 5) is 29.0. The molecule has 1 aromatic carbocycles. The summed E-state index contributed by atoms with van der Waals surface area (Å²) in [5.41, 5.74) is 1.94. The molecular weight excluding hydrogens is 306 g/mol. The number of carbonyl (C=O) groups excluding carboxylic acids is 1. The fourth-order valence-corrected chi connectivity index (χ4v) is 2.46. The van der Waals surface area contributed by atoms with Gasteiger partial charge >= 0.3 is 0 Å². The van der Waals surface area contributed by atoms with Crippen LogP contribution < -0.4 is 15.6 Å². The molecule has 1 N–H and O–H groups in total. The van der Waals surface area contributed by atoms with Crippen molar-refractivity contribution in [1.29, 1.82) is 0 Å². The molecule has 122 valence electrons. The fourth-order valence-electron chi connectivity index (χ4n) is 2.46. The van der Waals surface area contributed by atoms with Crippen LogP contribution in [0.2, 0.25) is 0 Å². The van der Waals surface area contributed by atoms with Crippen molar-refractivity contribution in [3.63, 3.8) is 0 Å². The number of aryl methyl sites for hydroxylation is 1. The first kappa shape index (κ1) is 15.7. The number of amides is 1. The fraction of sp³-hybridized carbons (Fsp3) is 0.167. The Bertz CT molecular complexity index is 963. The lowest BCUT2D eigenvalue weighted by atomic mass is 10.2. The van der Waals surface area contributed by atoms with E-state index in [1.807, 2.05) is 37.3 Å². The van der Waals surface area contributed by atoms with E-state index in [1.165, 1.54) is 10.6 Å². The zero-order chi connectivity index (χ0) is 17.1. The highest BCUT2D eigenvalue weighted by atomic mass is 16.5. The van der Waals surface area contributed by atoms with Gasteiger partial charge in [-0.1, -0.05) is 18.2 Å². The first-order valence-corrected chi connectivity index (χ1v) is 7.48. The van der Waals surface area contributed by atoms with Crippen LogP contribution in [-0.2, 0) is 6.54 Å². The number of benzene rings is 1. The first-order chi connectivity index (χ1) is 11.6. The van der Waals surface area contributed by atoms with E-state index in [0.29, 0.717) is 17.9 Å². The van der Waals surface area contributed by atoms with E-state index in [-0.39, 0.29) is 11.1 Å². The van der Waals surface area contributed by atoms with Gasteiger partial charge in [-0.2, -0.15) is 0 Å². The lowest BCUT2D eigenvalue weighted by Gasteiger charge is -2.08. The van der Waals surface area contributed by atoms with Crippen molar-refractivity contribution in [3.05, 3.63) is 75.8 Å². The summed E-state index contributed by atoms with van der Waals surface area (Å²) < 4.78 is 6.53. The molecule has 6 nitrogen and oxygen atoms in total. The second-order valence-electron chi connectivity index (χ2n) is 5.40. The van der Waals surface area contributed by atoms with Gasteiger partial charge in [0.2, 0.25) is 0 Å². The molecule has 0 unspecified atom stereocenters. The standard InChI is InChI=1S/C18H17N3O3/c1-12-5-4-8-21-16(12)19-11-15(18(21)23)17(22)20-10-13-6-3-7-14(9-13)24-2/h3-9,11H,10H2,1-2H3,(H,20,22). The molecule has 0 bridgehead atoms. The topological polar surface area (TPSA) is 72.7 Å². The summed E-state index contributed by atoms with van der Waals surface area (Å²) in [5.74, 6) is 0.260. The molecule has 0 saturated carbocycles. The zero-order valence-electron chi connectivity index (χ0n) is 13.4. The Morgan fingerprint density at radius 2 is 2.12 bits per heavy atom. The molecule has 0 atom stereocenters. The number of hydrogen-bond acceptors (Lipinski definition) is 4. The first-order valence-electron chi connectivity index (χ1n) is 7.48. The Labute approximate surface area is 138 Å². The lowest BCUT2D eigenvalue weighted by molar-refractivity contribution is 0.0949. The quantitative estimate of drug-likeness (QED) is 0.796. The van der Waals surface area contributed by atoms with Crippen molar-refractivity contribution in [2.45, 2.75) is 13.5 Å². The highest BCUT2D eigenvalue weighted by molar-refractivity contribution is 5.93. The van der Waals surface area contributed by atoms with Crippen molar-refractivity contribution < 1.29 is 9.53 Å². The van der Waals surface area contributed by atoms with E-state index >= 15 is 0 Å². The van der Waals surface area contributed by atoms with Crippen LogP contribution >= 0.6 is 0 Å². The van der Waals surface area contributed by atoms with Crippen LogP contribution in [0.1, 0.15) is 21.5 Å². The Morgan fingerprint density at radius 1 is 1.29 bits per heavy atom. The highest BCUT2D eigenvalue weighted by Crippen LogP contribution is 2.12. The minimum atomic E-state index is -0.453. The van der Waals surface area contributed by atoms with E-state index in [0.717, 1.165) is 11.1 Å². The van der Waals surface area contributed by atoms with E-state index < -0.39 is 5.91 Å². The van der Waals surface area contributed by atoms with Crippen LogP contribution in [0.5, 0.6) is 5.75 Å². The van der Waals surface area contributed by atoms with E-state index in [4.69, 9.17) is 4.74 Å². The van der Waals surface area contributed by atoms with Crippen LogP contribution in [0.15, 0.2) is 53.6 Å². The van der Waals surface area contributed by atoms with Crippen LogP contribution in [0.4, 0.5) is 0 Å². The second kappa shape index (κ2) is 6.54. The molecule has 0 radical (unpaired) electrons. The third-order valence-electron chi connectivity index (χ3n) is 3.76. The SMILES string of the molecule is COc1cccc(CNC(=O)c2cnc3c(C)cccn3c2=O)c1. The molecule has 3 aromatic rings. The number of fused-ring (bicyclic) bond motifs is 1. The van der Waals surface area contributed by atoms with Crippen molar-refractivity contribution in [3.8, 4) is 5.75 Å². The molecule has 0 aliphatic rings. The van der Waals surface area contributed by atoms with E-state index in [2.05, 4.69) is 10.3 Å². The Hall–Kier alpha value is -3.15. The molecule has 2 heterocycles. The number of hydrogen-bond donors (Lipinski definition) is 1. The molecule has 0 fully saturated rings. The molecule has 3 rings (SSSR count). The number of ether oxygens (including phenoxy) is 1. The number of nitrogens with one attached hydrogen (secondary N) is 1. The predicted molar refractivity (Wildman–Crippen MR) is 90.4 cm³/mol. The molecule has 0 spiro atoms. The van der Waals surface area contributed by atoms with Crippen molar-refractivity contribution in [2.24, 2.45) is 0 Å². The third kappa shape index (κ3) is 2.99. The lowest BCUT2D eigenvalue weighted by Crippen LogP contribution is -2.31.